The Hall–Kier alpha value is -1.89. The van der Waals surface area contributed by atoms with Crippen LogP contribution >= 0.6 is 0 Å². The maximum absolute atomic E-state index is 12.0. The molecule has 1 aromatic rings. The van der Waals surface area contributed by atoms with Gasteiger partial charge in [0.15, 0.2) is 0 Å². The Morgan fingerprint density at radius 3 is 2.67 bits per heavy atom. The third kappa shape index (κ3) is 2.35. The fourth-order valence-corrected chi connectivity index (χ4v) is 2.76. The Morgan fingerprint density at radius 2 is 2.06 bits per heavy atom. The van der Waals surface area contributed by atoms with Crippen LogP contribution in [0.1, 0.15) is 24.2 Å². The Morgan fingerprint density at radius 1 is 1.33 bits per heavy atom. The first-order chi connectivity index (χ1) is 8.42. The number of hydrogen-bond acceptors (Lipinski definition) is 4. The van der Waals surface area contributed by atoms with Crippen LogP contribution < -0.4 is 10.0 Å². The lowest BCUT2D eigenvalue weighted by Gasteiger charge is -2.22. The maximum atomic E-state index is 12.0. The fraction of sp³-hybridized carbons (Fsp3) is 0.273. The molecule has 0 radical (unpaired) electrons. The molecule has 0 unspecified atom stereocenters. The zero-order valence-electron chi connectivity index (χ0n) is 9.97. The molecular formula is C11H13N3O3S. The average molecular weight is 267 g/mol. The Balaban J connectivity index is 2.53. The topological polar surface area (TPSA) is 87.6 Å². The number of sulfonamides is 1. The van der Waals surface area contributed by atoms with Gasteiger partial charge >= 0.3 is 0 Å². The van der Waals surface area contributed by atoms with Crippen LogP contribution in [0.2, 0.25) is 0 Å². The van der Waals surface area contributed by atoms with Crippen LogP contribution in [0.25, 0.3) is 0 Å². The van der Waals surface area contributed by atoms with Gasteiger partial charge in [0.25, 0.3) is 10.0 Å². The van der Waals surface area contributed by atoms with Crippen molar-refractivity contribution >= 4 is 28.0 Å². The molecule has 2 N–H and O–H groups in total. The highest BCUT2D eigenvalue weighted by Crippen LogP contribution is 2.25. The molecule has 0 saturated carbocycles. The van der Waals surface area contributed by atoms with Crippen LogP contribution in [0.3, 0.4) is 0 Å². The molecule has 1 aliphatic heterocycles. The predicted molar refractivity (Wildman–Crippen MR) is 68.3 cm³/mol. The summed E-state index contributed by atoms with van der Waals surface area (Å²) in [7, 11) is -3.67. The number of guanidine groups is 1. The summed E-state index contributed by atoms with van der Waals surface area (Å²) in [5.74, 6) is 0.191. The van der Waals surface area contributed by atoms with E-state index < -0.39 is 10.0 Å². The summed E-state index contributed by atoms with van der Waals surface area (Å²) in [5.41, 5.74) is 0.726. The summed E-state index contributed by atoms with van der Waals surface area (Å²) in [5, 5.41) is 2.88. The van der Waals surface area contributed by atoms with Gasteiger partial charge < -0.3 is 5.32 Å². The summed E-state index contributed by atoms with van der Waals surface area (Å²) in [6.45, 7) is 3.68. The van der Waals surface area contributed by atoms with Gasteiger partial charge in [-0.1, -0.05) is 0 Å². The highest BCUT2D eigenvalue weighted by atomic mass is 32.2. The summed E-state index contributed by atoms with van der Waals surface area (Å²) in [6, 6.07) is 4.38. The van der Waals surface area contributed by atoms with Gasteiger partial charge in [-0.25, -0.2) is 18.1 Å². The third-order valence-electron chi connectivity index (χ3n) is 2.30. The van der Waals surface area contributed by atoms with E-state index in [1.54, 1.807) is 12.1 Å². The molecular weight excluding hydrogens is 254 g/mol. The smallest absolute Gasteiger partial charge is 0.266 e. The van der Waals surface area contributed by atoms with E-state index in [0.717, 1.165) is 0 Å². The van der Waals surface area contributed by atoms with Crippen LogP contribution in [-0.2, 0) is 10.0 Å². The molecule has 0 atom stereocenters. The normalized spacial score (nSPS) is 18.9. The molecule has 0 spiro atoms. The molecule has 1 heterocycles. The third-order valence-corrected chi connectivity index (χ3v) is 3.68. The van der Waals surface area contributed by atoms with E-state index >= 15 is 0 Å². The van der Waals surface area contributed by atoms with E-state index in [9.17, 15) is 13.2 Å². The molecule has 1 aliphatic rings. The fourth-order valence-electron chi connectivity index (χ4n) is 1.59. The number of carbonyl (C=O) groups excluding carboxylic acids is 1. The molecule has 7 heteroatoms. The first-order valence-electron chi connectivity index (χ1n) is 5.39. The minimum atomic E-state index is -3.67. The lowest BCUT2D eigenvalue weighted by Crippen LogP contribution is -2.41. The summed E-state index contributed by atoms with van der Waals surface area (Å²) in [4.78, 5) is 14.8. The van der Waals surface area contributed by atoms with Crippen molar-refractivity contribution in [3.05, 3.63) is 23.8 Å². The zero-order chi connectivity index (χ0) is 13.3. The number of benzene rings is 1. The van der Waals surface area contributed by atoms with Crippen molar-refractivity contribution in [2.45, 2.75) is 24.8 Å². The van der Waals surface area contributed by atoms with Crippen LogP contribution in [-0.4, -0.2) is 26.7 Å². The number of hydrogen-bond donors (Lipinski definition) is 2. The van der Waals surface area contributed by atoms with Gasteiger partial charge in [0, 0.05) is 11.6 Å². The first-order valence-corrected chi connectivity index (χ1v) is 6.87. The molecule has 2 rings (SSSR count). The second-order valence-electron chi connectivity index (χ2n) is 4.18. The molecule has 0 amide bonds. The summed E-state index contributed by atoms with van der Waals surface area (Å²) >= 11 is 0. The highest BCUT2D eigenvalue weighted by molar-refractivity contribution is 7.90. The van der Waals surface area contributed by atoms with E-state index in [1.165, 1.54) is 6.07 Å². The Bertz CT molecular complexity index is 620. The summed E-state index contributed by atoms with van der Waals surface area (Å²) < 4.78 is 26.3. The quantitative estimate of drug-likeness (QED) is 0.781. The molecule has 0 fully saturated rings. The Kier molecular flexibility index (Phi) is 3.08. The predicted octanol–water partition coefficient (Wildman–Crippen LogP) is 0.967. The van der Waals surface area contributed by atoms with Crippen molar-refractivity contribution in [1.82, 2.24) is 4.72 Å². The number of aldehydes is 1. The lowest BCUT2D eigenvalue weighted by atomic mass is 10.2. The maximum Gasteiger partial charge on any atom is 0.266 e. The van der Waals surface area contributed by atoms with Crippen molar-refractivity contribution in [1.29, 1.82) is 0 Å². The molecule has 6 nitrogen and oxygen atoms in total. The van der Waals surface area contributed by atoms with Gasteiger partial charge in [-0.3, -0.25) is 4.79 Å². The van der Waals surface area contributed by atoms with Crippen molar-refractivity contribution in [2.75, 3.05) is 5.32 Å². The van der Waals surface area contributed by atoms with Gasteiger partial charge in [0.1, 0.15) is 11.2 Å². The van der Waals surface area contributed by atoms with Crippen molar-refractivity contribution in [3.8, 4) is 0 Å². The van der Waals surface area contributed by atoms with Crippen molar-refractivity contribution < 1.29 is 13.2 Å². The van der Waals surface area contributed by atoms with E-state index in [0.29, 0.717) is 17.5 Å². The number of nitrogens with one attached hydrogen (secondary N) is 2. The number of fused-ring (bicyclic) bond motifs is 1. The number of aliphatic imine (C=N–C) groups is 1. The monoisotopic (exact) mass is 267 g/mol. The van der Waals surface area contributed by atoms with E-state index in [2.05, 4.69) is 15.0 Å². The van der Waals surface area contributed by atoms with Gasteiger partial charge in [0.05, 0.1) is 5.69 Å². The lowest BCUT2D eigenvalue weighted by molar-refractivity contribution is 0.112. The first kappa shape index (κ1) is 12.6. The molecule has 0 saturated heterocycles. The molecule has 0 aromatic heterocycles. The number of carbonyl (C=O) groups is 1. The van der Waals surface area contributed by atoms with Crippen molar-refractivity contribution in [3.63, 3.8) is 0 Å². The van der Waals surface area contributed by atoms with E-state index in [-0.39, 0.29) is 16.9 Å². The van der Waals surface area contributed by atoms with Crippen LogP contribution in [0.15, 0.2) is 28.1 Å². The molecule has 0 aliphatic carbocycles. The van der Waals surface area contributed by atoms with E-state index in [4.69, 9.17) is 0 Å². The van der Waals surface area contributed by atoms with Gasteiger partial charge in [-0.2, -0.15) is 0 Å². The minimum absolute atomic E-state index is 0.0361. The van der Waals surface area contributed by atoms with Gasteiger partial charge in [-0.15, -0.1) is 0 Å². The van der Waals surface area contributed by atoms with Gasteiger partial charge in [0.2, 0.25) is 5.96 Å². The van der Waals surface area contributed by atoms with Crippen molar-refractivity contribution in [2.24, 2.45) is 4.99 Å². The van der Waals surface area contributed by atoms with Crippen LogP contribution in [0, 0.1) is 0 Å². The molecule has 1 aromatic carbocycles. The second kappa shape index (κ2) is 4.41. The minimum Gasteiger partial charge on any atom is -0.324 e. The van der Waals surface area contributed by atoms with Crippen LogP contribution in [0.4, 0.5) is 5.69 Å². The van der Waals surface area contributed by atoms with Gasteiger partial charge in [-0.05, 0) is 32.0 Å². The SMILES string of the molecule is CC(C)N=C1Nc2ccc(C=O)cc2S(=O)(=O)N1. The zero-order valence-corrected chi connectivity index (χ0v) is 10.8. The van der Waals surface area contributed by atoms with Crippen LogP contribution in [0.5, 0.6) is 0 Å². The largest absolute Gasteiger partial charge is 0.324 e. The molecule has 18 heavy (non-hydrogen) atoms. The average Bonchev–Trinajstić information content (AvgIpc) is 2.27. The standard InChI is InChI=1S/C11H13N3O3S/c1-7(2)12-11-13-9-4-3-8(6-15)5-10(9)18(16,17)14-11/h3-7H,1-2H3,(H2,12,13,14). The second-order valence-corrected chi connectivity index (χ2v) is 5.83. The Labute approximate surface area is 105 Å². The number of nitrogens with zero attached hydrogens (tertiary/aromatic N) is 1. The van der Waals surface area contributed by atoms with E-state index in [1.807, 2.05) is 13.8 Å². The highest BCUT2D eigenvalue weighted by Gasteiger charge is 2.26. The molecule has 96 valence electrons. The number of rotatable bonds is 2. The molecule has 0 bridgehead atoms. The number of anilines is 1. The summed E-state index contributed by atoms with van der Waals surface area (Å²) in [6.07, 6.45) is 0.605.